The van der Waals surface area contributed by atoms with Crippen LogP contribution in [0.2, 0.25) is 0 Å². The maximum absolute atomic E-state index is 13.6. The number of aryl methyl sites for hydroxylation is 1. The molecule has 0 unspecified atom stereocenters. The minimum Gasteiger partial charge on any atom is -0.477 e. The van der Waals surface area contributed by atoms with E-state index in [2.05, 4.69) is 9.97 Å². The third-order valence-electron chi connectivity index (χ3n) is 2.21. The molecule has 0 radical (unpaired) electrons. The van der Waals surface area contributed by atoms with Crippen LogP contribution in [-0.4, -0.2) is 21.0 Å². The van der Waals surface area contributed by atoms with Crippen molar-refractivity contribution in [2.75, 3.05) is 0 Å². The number of hydrogen-bond donors (Lipinski definition) is 1. The fraction of sp³-hybridized carbons (Fsp3) is 0.0833. The molecule has 0 aliphatic rings. The van der Waals surface area contributed by atoms with E-state index in [1.54, 1.807) is 19.1 Å². The molecule has 2 aromatic rings. The van der Waals surface area contributed by atoms with Crippen molar-refractivity contribution in [1.29, 1.82) is 0 Å². The van der Waals surface area contributed by atoms with E-state index in [0.717, 1.165) is 0 Å². The largest absolute Gasteiger partial charge is 0.477 e. The molecular formula is C12H9FN2O3. The van der Waals surface area contributed by atoms with Gasteiger partial charge >= 0.3 is 12.0 Å². The van der Waals surface area contributed by atoms with Crippen molar-refractivity contribution in [1.82, 2.24) is 9.97 Å². The normalized spacial score (nSPS) is 10.1. The first-order chi connectivity index (χ1) is 8.58. The first-order valence-electron chi connectivity index (χ1n) is 5.07. The Morgan fingerprint density at radius 1 is 1.39 bits per heavy atom. The molecule has 0 atom stereocenters. The van der Waals surface area contributed by atoms with Gasteiger partial charge in [0.25, 0.3) is 0 Å². The van der Waals surface area contributed by atoms with Crippen LogP contribution in [0.25, 0.3) is 0 Å². The topological polar surface area (TPSA) is 72.3 Å². The SMILES string of the molecule is Cc1cccc(Oc2nccc(C(=O)O)n2)c1F. The lowest BCUT2D eigenvalue weighted by Gasteiger charge is -2.06. The number of aromatic nitrogens is 2. The highest BCUT2D eigenvalue weighted by molar-refractivity contribution is 5.85. The molecule has 92 valence electrons. The van der Waals surface area contributed by atoms with Crippen LogP contribution in [0.5, 0.6) is 11.8 Å². The van der Waals surface area contributed by atoms with E-state index < -0.39 is 11.8 Å². The van der Waals surface area contributed by atoms with Gasteiger partial charge in [-0.15, -0.1) is 0 Å². The molecule has 1 N–H and O–H groups in total. The maximum Gasteiger partial charge on any atom is 0.354 e. The van der Waals surface area contributed by atoms with Crippen LogP contribution in [0, 0.1) is 12.7 Å². The standard InChI is InChI=1S/C12H9FN2O3/c1-7-3-2-4-9(10(7)13)18-12-14-6-5-8(15-12)11(16)17/h2-6H,1H3,(H,16,17). The molecule has 0 amide bonds. The van der Waals surface area contributed by atoms with Gasteiger partial charge in [0.1, 0.15) is 0 Å². The molecule has 0 saturated heterocycles. The van der Waals surface area contributed by atoms with Gasteiger partial charge in [-0.25, -0.2) is 14.2 Å². The van der Waals surface area contributed by atoms with E-state index in [9.17, 15) is 9.18 Å². The number of halogens is 1. The van der Waals surface area contributed by atoms with Gasteiger partial charge in [0.15, 0.2) is 17.3 Å². The molecule has 0 spiro atoms. The Morgan fingerprint density at radius 2 is 2.17 bits per heavy atom. The summed E-state index contributed by atoms with van der Waals surface area (Å²) in [6.45, 7) is 1.59. The molecule has 1 aromatic heterocycles. The lowest BCUT2D eigenvalue weighted by Crippen LogP contribution is -2.03. The fourth-order valence-electron chi connectivity index (χ4n) is 1.31. The van der Waals surface area contributed by atoms with Crippen molar-refractivity contribution < 1.29 is 19.0 Å². The lowest BCUT2D eigenvalue weighted by molar-refractivity contribution is 0.0689. The molecule has 0 aliphatic carbocycles. The van der Waals surface area contributed by atoms with Crippen LogP contribution in [0.1, 0.15) is 16.1 Å². The molecule has 1 heterocycles. The average molecular weight is 248 g/mol. The average Bonchev–Trinajstić information content (AvgIpc) is 2.35. The van der Waals surface area contributed by atoms with Gasteiger partial charge < -0.3 is 9.84 Å². The molecule has 18 heavy (non-hydrogen) atoms. The van der Waals surface area contributed by atoms with Crippen molar-refractivity contribution >= 4 is 5.97 Å². The van der Waals surface area contributed by atoms with Gasteiger partial charge in [-0.05, 0) is 24.6 Å². The maximum atomic E-state index is 13.6. The number of aromatic carboxylic acids is 1. The van der Waals surface area contributed by atoms with Gasteiger partial charge in [-0.2, -0.15) is 4.98 Å². The Morgan fingerprint density at radius 3 is 2.89 bits per heavy atom. The van der Waals surface area contributed by atoms with Gasteiger partial charge in [0.05, 0.1) is 0 Å². The smallest absolute Gasteiger partial charge is 0.354 e. The first kappa shape index (κ1) is 12.0. The summed E-state index contributed by atoms with van der Waals surface area (Å²) in [4.78, 5) is 18.1. The van der Waals surface area contributed by atoms with E-state index in [1.165, 1.54) is 18.3 Å². The van der Waals surface area contributed by atoms with Gasteiger partial charge in [-0.3, -0.25) is 0 Å². The number of hydrogen-bond acceptors (Lipinski definition) is 4. The highest BCUT2D eigenvalue weighted by atomic mass is 19.1. The summed E-state index contributed by atoms with van der Waals surface area (Å²) in [7, 11) is 0. The van der Waals surface area contributed by atoms with Gasteiger partial charge in [0.2, 0.25) is 0 Å². The molecule has 2 rings (SSSR count). The summed E-state index contributed by atoms with van der Waals surface area (Å²) < 4.78 is 18.8. The molecule has 0 aliphatic heterocycles. The summed E-state index contributed by atoms with van der Waals surface area (Å²) in [5, 5.41) is 8.75. The Labute approximate surface area is 102 Å². The quantitative estimate of drug-likeness (QED) is 0.902. The summed E-state index contributed by atoms with van der Waals surface area (Å²) in [6, 6.07) is 5.64. The molecule has 0 fully saturated rings. The zero-order chi connectivity index (χ0) is 13.1. The Kier molecular flexibility index (Phi) is 3.18. The highest BCUT2D eigenvalue weighted by Gasteiger charge is 2.11. The first-order valence-corrected chi connectivity index (χ1v) is 5.07. The molecule has 1 aromatic carbocycles. The van der Waals surface area contributed by atoms with Crippen molar-refractivity contribution in [3.63, 3.8) is 0 Å². The van der Waals surface area contributed by atoms with Crippen LogP contribution < -0.4 is 4.74 Å². The number of carboxylic acid groups (broad SMARTS) is 1. The molecule has 6 heteroatoms. The third-order valence-corrected chi connectivity index (χ3v) is 2.21. The summed E-state index contributed by atoms with van der Waals surface area (Å²) in [5.74, 6) is -1.77. The Bertz CT molecular complexity index is 602. The van der Waals surface area contributed by atoms with Crippen LogP contribution in [0.4, 0.5) is 4.39 Å². The number of nitrogens with zero attached hydrogens (tertiary/aromatic N) is 2. The number of carbonyl (C=O) groups is 1. The van der Waals surface area contributed by atoms with Crippen LogP contribution in [0.3, 0.4) is 0 Å². The zero-order valence-electron chi connectivity index (χ0n) is 9.42. The van der Waals surface area contributed by atoms with Crippen LogP contribution >= 0.6 is 0 Å². The molecule has 0 bridgehead atoms. The third kappa shape index (κ3) is 2.42. The number of rotatable bonds is 3. The van der Waals surface area contributed by atoms with Crippen LogP contribution in [-0.2, 0) is 0 Å². The predicted octanol–water partition coefficient (Wildman–Crippen LogP) is 2.41. The van der Waals surface area contributed by atoms with Crippen molar-refractivity contribution in [2.45, 2.75) is 6.92 Å². The number of ether oxygens (including phenoxy) is 1. The Balaban J connectivity index is 2.31. The second-order valence-electron chi connectivity index (χ2n) is 3.52. The zero-order valence-corrected chi connectivity index (χ0v) is 9.42. The van der Waals surface area contributed by atoms with Crippen molar-refractivity contribution in [2.24, 2.45) is 0 Å². The minimum absolute atomic E-state index is 0.0439. The van der Waals surface area contributed by atoms with E-state index in [0.29, 0.717) is 5.56 Å². The van der Waals surface area contributed by atoms with Crippen LogP contribution in [0.15, 0.2) is 30.5 Å². The number of benzene rings is 1. The summed E-state index contributed by atoms with van der Waals surface area (Å²) in [5.41, 5.74) is 0.204. The van der Waals surface area contributed by atoms with Gasteiger partial charge in [-0.1, -0.05) is 12.1 Å². The second-order valence-corrected chi connectivity index (χ2v) is 3.52. The van der Waals surface area contributed by atoms with E-state index >= 15 is 0 Å². The predicted molar refractivity (Wildman–Crippen MR) is 60.2 cm³/mol. The fourth-order valence-corrected chi connectivity index (χ4v) is 1.31. The molecule has 5 nitrogen and oxygen atoms in total. The molecule has 0 saturated carbocycles. The Hall–Kier alpha value is -2.50. The lowest BCUT2D eigenvalue weighted by atomic mass is 10.2. The highest BCUT2D eigenvalue weighted by Crippen LogP contribution is 2.23. The minimum atomic E-state index is -1.20. The summed E-state index contributed by atoms with van der Waals surface area (Å²) in [6.07, 6.45) is 1.24. The number of carboxylic acids is 1. The molecular weight excluding hydrogens is 239 g/mol. The van der Waals surface area contributed by atoms with Crippen molar-refractivity contribution in [3.05, 3.63) is 47.5 Å². The van der Waals surface area contributed by atoms with Crippen molar-refractivity contribution in [3.8, 4) is 11.8 Å². The van der Waals surface area contributed by atoms with Gasteiger partial charge in [0, 0.05) is 6.20 Å². The summed E-state index contributed by atoms with van der Waals surface area (Å²) >= 11 is 0. The van der Waals surface area contributed by atoms with E-state index in [4.69, 9.17) is 9.84 Å². The van der Waals surface area contributed by atoms with E-state index in [-0.39, 0.29) is 17.5 Å². The monoisotopic (exact) mass is 248 g/mol. The van der Waals surface area contributed by atoms with E-state index in [1.807, 2.05) is 0 Å². The second kappa shape index (κ2) is 4.79.